The molecule has 0 bridgehead atoms. The van der Waals surface area contributed by atoms with Crippen molar-refractivity contribution in [2.45, 2.75) is 46.8 Å². The minimum Gasteiger partial charge on any atom is -0.374 e. The second-order valence-electron chi connectivity index (χ2n) is 8.57. The molecule has 2 aliphatic rings. The average Bonchev–Trinajstić information content (AvgIpc) is 2.69. The van der Waals surface area contributed by atoms with E-state index < -0.39 is 0 Å². The molecule has 28 heavy (non-hydrogen) atoms. The van der Waals surface area contributed by atoms with Gasteiger partial charge in [-0.3, -0.25) is 14.8 Å². The Bertz CT molecular complexity index is 450. The van der Waals surface area contributed by atoms with Crippen LogP contribution in [0.5, 0.6) is 0 Å². The predicted octanol–water partition coefficient (Wildman–Crippen LogP) is 0.924. The van der Waals surface area contributed by atoms with Crippen molar-refractivity contribution in [1.82, 2.24) is 25.3 Å². The second kappa shape index (κ2) is 12.6. The molecule has 2 atom stereocenters. The molecule has 0 aromatic carbocycles. The summed E-state index contributed by atoms with van der Waals surface area (Å²) in [6.07, 6.45) is 0.232. The van der Waals surface area contributed by atoms with E-state index in [1.54, 1.807) is 0 Å². The predicted molar refractivity (Wildman–Crippen MR) is 118 cm³/mol. The van der Waals surface area contributed by atoms with Gasteiger partial charge in [-0.15, -0.1) is 0 Å². The first kappa shape index (κ1) is 23.4. The van der Waals surface area contributed by atoms with Gasteiger partial charge in [0.15, 0.2) is 5.96 Å². The molecule has 2 aliphatic heterocycles. The van der Waals surface area contributed by atoms with E-state index in [1.807, 2.05) is 0 Å². The molecule has 0 aromatic heterocycles. The number of ether oxygens (including phenoxy) is 1. The summed E-state index contributed by atoms with van der Waals surface area (Å²) in [5.41, 5.74) is 0. The highest BCUT2D eigenvalue weighted by molar-refractivity contribution is 5.79. The molecule has 2 saturated heterocycles. The molecule has 164 valence electrons. The van der Waals surface area contributed by atoms with Crippen LogP contribution in [-0.4, -0.2) is 111 Å². The number of nitrogens with one attached hydrogen (secondary N) is 2. The van der Waals surface area contributed by atoms with Crippen LogP contribution in [0.25, 0.3) is 0 Å². The second-order valence-corrected chi connectivity index (χ2v) is 8.57. The molecule has 2 fully saturated rings. The van der Waals surface area contributed by atoms with Crippen LogP contribution in [0, 0.1) is 5.92 Å². The van der Waals surface area contributed by atoms with Gasteiger partial charge in [0.25, 0.3) is 0 Å². The SMILES string of the molecule is CCNC(=NCC(C)N1CCN(CC)CC1)NCC1CN(CC(C)C)CCO1. The van der Waals surface area contributed by atoms with Gasteiger partial charge < -0.3 is 20.3 Å². The Morgan fingerprint density at radius 1 is 1.04 bits per heavy atom. The Morgan fingerprint density at radius 3 is 2.43 bits per heavy atom. The van der Waals surface area contributed by atoms with Gasteiger partial charge in [-0.1, -0.05) is 20.8 Å². The van der Waals surface area contributed by atoms with Crippen molar-refractivity contribution in [3.63, 3.8) is 0 Å². The molecular weight excluding hydrogens is 352 g/mol. The summed E-state index contributed by atoms with van der Waals surface area (Å²) in [6, 6.07) is 0.474. The minimum absolute atomic E-state index is 0.232. The van der Waals surface area contributed by atoms with Gasteiger partial charge in [0.1, 0.15) is 0 Å². The topological polar surface area (TPSA) is 55.4 Å². The zero-order valence-electron chi connectivity index (χ0n) is 18.9. The summed E-state index contributed by atoms with van der Waals surface area (Å²) < 4.78 is 5.96. The molecular formula is C21H44N6O. The Morgan fingerprint density at radius 2 is 1.79 bits per heavy atom. The van der Waals surface area contributed by atoms with Crippen molar-refractivity contribution in [3.05, 3.63) is 0 Å². The Kier molecular flexibility index (Phi) is 10.5. The van der Waals surface area contributed by atoms with Crippen LogP contribution in [0.3, 0.4) is 0 Å². The van der Waals surface area contributed by atoms with Gasteiger partial charge >= 0.3 is 0 Å². The van der Waals surface area contributed by atoms with Crippen LogP contribution in [0.4, 0.5) is 0 Å². The van der Waals surface area contributed by atoms with Crippen molar-refractivity contribution >= 4 is 5.96 Å². The van der Waals surface area contributed by atoms with Crippen molar-refractivity contribution in [3.8, 4) is 0 Å². The standard InChI is InChI=1S/C21H44N6O/c1-6-22-21(23-14-19(5)27-10-8-25(7-2)9-11-27)24-15-20-17-26(12-13-28-20)16-18(3)4/h18-20H,6-17H2,1-5H3,(H2,22,23,24). The lowest BCUT2D eigenvalue weighted by atomic mass is 10.2. The largest absolute Gasteiger partial charge is 0.374 e. The Balaban J connectivity index is 1.76. The maximum absolute atomic E-state index is 5.96. The molecule has 2 rings (SSSR count). The van der Waals surface area contributed by atoms with E-state index in [4.69, 9.17) is 9.73 Å². The number of piperazine rings is 1. The molecule has 7 nitrogen and oxygen atoms in total. The summed E-state index contributed by atoms with van der Waals surface area (Å²) in [5.74, 6) is 1.61. The van der Waals surface area contributed by atoms with Crippen molar-refractivity contribution in [2.75, 3.05) is 78.6 Å². The number of hydrogen-bond acceptors (Lipinski definition) is 5. The van der Waals surface area contributed by atoms with Crippen LogP contribution in [-0.2, 0) is 4.74 Å². The van der Waals surface area contributed by atoms with Crippen LogP contribution in [0.2, 0.25) is 0 Å². The molecule has 7 heteroatoms. The maximum Gasteiger partial charge on any atom is 0.191 e. The highest BCUT2D eigenvalue weighted by Gasteiger charge is 2.22. The summed E-state index contributed by atoms with van der Waals surface area (Å²) in [4.78, 5) is 12.4. The quantitative estimate of drug-likeness (QED) is 0.447. The number of likely N-dealkylation sites (N-methyl/N-ethyl adjacent to an activating group) is 1. The molecule has 0 radical (unpaired) electrons. The van der Waals surface area contributed by atoms with Crippen molar-refractivity contribution in [2.24, 2.45) is 10.9 Å². The first-order chi connectivity index (χ1) is 13.5. The number of hydrogen-bond donors (Lipinski definition) is 2. The molecule has 0 spiro atoms. The molecule has 2 unspecified atom stereocenters. The minimum atomic E-state index is 0.232. The smallest absolute Gasteiger partial charge is 0.191 e. The van der Waals surface area contributed by atoms with E-state index in [0.717, 1.165) is 71.5 Å². The third-order valence-corrected chi connectivity index (χ3v) is 5.68. The number of guanidine groups is 1. The number of rotatable bonds is 9. The Labute approximate surface area is 172 Å². The van der Waals surface area contributed by atoms with Crippen LogP contribution in [0.15, 0.2) is 4.99 Å². The normalized spacial score (nSPS) is 24.5. The zero-order chi connectivity index (χ0) is 20.4. The van der Waals surface area contributed by atoms with E-state index in [-0.39, 0.29) is 6.10 Å². The summed E-state index contributed by atoms with van der Waals surface area (Å²) in [6.45, 7) is 23.6. The fraction of sp³-hybridized carbons (Fsp3) is 0.952. The lowest BCUT2D eigenvalue weighted by Crippen LogP contribution is -2.51. The summed E-state index contributed by atoms with van der Waals surface area (Å²) >= 11 is 0. The van der Waals surface area contributed by atoms with Crippen molar-refractivity contribution in [1.29, 1.82) is 0 Å². The Hall–Kier alpha value is -0.890. The van der Waals surface area contributed by atoms with Crippen molar-refractivity contribution < 1.29 is 4.74 Å². The van der Waals surface area contributed by atoms with E-state index in [1.165, 1.54) is 13.1 Å². The van der Waals surface area contributed by atoms with Crippen LogP contribution >= 0.6 is 0 Å². The third-order valence-electron chi connectivity index (χ3n) is 5.68. The fourth-order valence-electron chi connectivity index (χ4n) is 4.00. The van der Waals surface area contributed by atoms with Gasteiger partial charge in [0, 0.05) is 64.9 Å². The first-order valence-corrected chi connectivity index (χ1v) is 11.3. The van der Waals surface area contributed by atoms with E-state index in [2.05, 4.69) is 60.0 Å². The molecule has 2 N–H and O–H groups in total. The molecule has 0 amide bonds. The molecule has 0 aromatic rings. The first-order valence-electron chi connectivity index (χ1n) is 11.3. The zero-order valence-corrected chi connectivity index (χ0v) is 18.9. The summed E-state index contributed by atoms with van der Waals surface area (Å²) in [7, 11) is 0. The van der Waals surface area contributed by atoms with Gasteiger partial charge in [0.05, 0.1) is 19.3 Å². The maximum atomic E-state index is 5.96. The van der Waals surface area contributed by atoms with Gasteiger partial charge in [-0.25, -0.2) is 0 Å². The monoisotopic (exact) mass is 396 g/mol. The molecule has 0 aliphatic carbocycles. The lowest BCUT2D eigenvalue weighted by Gasteiger charge is -2.37. The van der Waals surface area contributed by atoms with Gasteiger partial charge in [0.2, 0.25) is 0 Å². The molecule has 2 heterocycles. The van der Waals surface area contributed by atoms with Gasteiger partial charge in [-0.05, 0) is 26.3 Å². The van der Waals surface area contributed by atoms with Gasteiger partial charge in [-0.2, -0.15) is 0 Å². The van der Waals surface area contributed by atoms with E-state index >= 15 is 0 Å². The van der Waals surface area contributed by atoms with E-state index in [9.17, 15) is 0 Å². The van der Waals surface area contributed by atoms with E-state index in [0.29, 0.717) is 12.0 Å². The fourth-order valence-corrected chi connectivity index (χ4v) is 4.00. The summed E-state index contributed by atoms with van der Waals surface area (Å²) in [5, 5.41) is 6.88. The van der Waals surface area contributed by atoms with Crippen LogP contribution in [0.1, 0.15) is 34.6 Å². The number of nitrogens with zero attached hydrogens (tertiary/aromatic N) is 4. The highest BCUT2D eigenvalue weighted by Crippen LogP contribution is 2.08. The lowest BCUT2D eigenvalue weighted by molar-refractivity contribution is -0.0284. The number of morpholine rings is 1. The highest BCUT2D eigenvalue weighted by atomic mass is 16.5. The van der Waals surface area contributed by atoms with Crippen LogP contribution < -0.4 is 10.6 Å². The average molecular weight is 397 g/mol. The number of aliphatic imine (C=N–C) groups is 1. The third kappa shape index (κ3) is 8.23. The molecule has 0 saturated carbocycles.